The first-order valence-electron chi connectivity index (χ1n) is 7.36. The molecule has 128 valence electrons. The summed E-state index contributed by atoms with van der Waals surface area (Å²) in [6, 6.07) is 11.1. The molecule has 2 aromatic heterocycles. The minimum atomic E-state index is -0.500. The Kier molecular flexibility index (Phi) is 5.47. The molecule has 2 heterocycles. The maximum Gasteiger partial charge on any atom is 0.357 e. The van der Waals surface area contributed by atoms with Crippen LogP contribution in [0.5, 0.6) is 0 Å². The SMILES string of the molecule is CCOC(=O)c1csc(NC(=O)c2ccc(-c3ccc(Cl)cc3)s2)n1. The molecule has 5 nitrogen and oxygen atoms in total. The summed E-state index contributed by atoms with van der Waals surface area (Å²) in [5.74, 6) is -0.768. The molecule has 0 aliphatic rings. The fourth-order valence-electron chi connectivity index (χ4n) is 2.02. The van der Waals surface area contributed by atoms with Crippen molar-refractivity contribution in [1.82, 2.24) is 4.98 Å². The number of ether oxygens (including phenoxy) is 1. The molecule has 3 aromatic rings. The first-order valence-corrected chi connectivity index (χ1v) is 9.44. The van der Waals surface area contributed by atoms with Crippen molar-refractivity contribution in [3.8, 4) is 10.4 Å². The van der Waals surface area contributed by atoms with E-state index >= 15 is 0 Å². The highest BCUT2D eigenvalue weighted by atomic mass is 35.5. The quantitative estimate of drug-likeness (QED) is 0.623. The fraction of sp³-hybridized carbons (Fsp3) is 0.118. The number of rotatable bonds is 5. The Bertz CT molecular complexity index is 903. The number of amides is 1. The number of carbonyl (C=O) groups is 2. The summed E-state index contributed by atoms with van der Waals surface area (Å²) in [4.78, 5) is 29.5. The number of nitrogens with one attached hydrogen (secondary N) is 1. The van der Waals surface area contributed by atoms with Crippen LogP contribution in [0.4, 0.5) is 5.13 Å². The number of thiazole rings is 1. The van der Waals surface area contributed by atoms with Gasteiger partial charge < -0.3 is 4.74 Å². The summed E-state index contributed by atoms with van der Waals surface area (Å²) in [6.45, 7) is 2.00. The summed E-state index contributed by atoms with van der Waals surface area (Å²) in [7, 11) is 0. The third-order valence-electron chi connectivity index (χ3n) is 3.17. The van der Waals surface area contributed by atoms with Crippen molar-refractivity contribution in [1.29, 1.82) is 0 Å². The highest BCUT2D eigenvalue weighted by molar-refractivity contribution is 7.17. The van der Waals surface area contributed by atoms with Gasteiger partial charge in [-0.15, -0.1) is 22.7 Å². The predicted molar refractivity (Wildman–Crippen MR) is 101 cm³/mol. The van der Waals surface area contributed by atoms with E-state index in [-0.39, 0.29) is 18.2 Å². The summed E-state index contributed by atoms with van der Waals surface area (Å²) in [5.41, 5.74) is 1.18. The first-order chi connectivity index (χ1) is 12.1. The van der Waals surface area contributed by atoms with Crippen molar-refractivity contribution in [2.45, 2.75) is 6.92 Å². The van der Waals surface area contributed by atoms with Gasteiger partial charge in [-0.1, -0.05) is 23.7 Å². The van der Waals surface area contributed by atoms with Gasteiger partial charge in [0.25, 0.3) is 5.91 Å². The molecule has 0 unspecified atom stereocenters. The molecule has 1 aromatic carbocycles. The van der Waals surface area contributed by atoms with E-state index in [1.54, 1.807) is 18.4 Å². The van der Waals surface area contributed by atoms with E-state index in [1.165, 1.54) is 22.7 Å². The molecule has 8 heteroatoms. The first kappa shape index (κ1) is 17.6. The molecule has 25 heavy (non-hydrogen) atoms. The van der Waals surface area contributed by atoms with Crippen LogP contribution >= 0.6 is 34.3 Å². The van der Waals surface area contributed by atoms with Crippen molar-refractivity contribution >= 4 is 51.3 Å². The highest BCUT2D eigenvalue weighted by Gasteiger charge is 2.15. The average molecular weight is 393 g/mol. The number of anilines is 1. The molecule has 0 aliphatic heterocycles. The zero-order valence-electron chi connectivity index (χ0n) is 13.1. The van der Waals surface area contributed by atoms with Crippen LogP contribution in [0.25, 0.3) is 10.4 Å². The molecule has 0 atom stereocenters. The Labute approximate surface area is 157 Å². The van der Waals surface area contributed by atoms with Crippen LogP contribution in [-0.2, 0) is 4.74 Å². The second-order valence-corrected chi connectivity index (χ2v) is 7.26. The third kappa shape index (κ3) is 4.25. The number of halogens is 1. The molecule has 3 rings (SSSR count). The monoisotopic (exact) mass is 392 g/mol. The topological polar surface area (TPSA) is 68.3 Å². The maximum atomic E-state index is 12.3. The normalized spacial score (nSPS) is 10.5. The van der Waals surface area contributed by atoms with Crippen LogP contribution in [0, 0.1) is 0 Å². The number of nitrogens with zero attached hydrogens (tertiary/aromatic N) is 1. The summed E-state index contributed by atoms with van der Waals surface area (Å²) >= 11 is 8.44. The molecule has 0 spiro atoms. The Morgan fingerprint density at radius 1 is 1.20 bits per heavy atom. The summed E-state index contributed by atoms with van der Waals surface area (Å²) in [5, 5.41) is 5.28. The number of carbonyl (C=O) groups excluding carboxylic acids is 2. The maximum absolute atomic E-state index is 12.3. The Hall–Kier alpha value is -2.22. The van der Waals surface area contributed by atoms with Gasteiger partial charge in [0, 0.05) is 15.3 Å². The lowest BCUT2D eigenvalue weighted by Crippen LogP contribution is -2.10. The number of esters is 1. The lowest BCUT2D eigenvalue weighted by Gasteiger charge is -1.99. The Morgan fingerprint density at radius 3 is 2.68 bits per heavy atom. The van der Waals surface area contributed by atoms with E-state index in [0.717, 1.165) is 10.4 Å². The standard InChI is InChI=1S/C17H13ClN2O3S2/c1-2-23-16(22)12-9-24-17(19-12)20-15(21)14-8-7-13(25-14)10-3-5-11(18)6-4-10/h3-9H,2H2,1H3,(H,19,20,21). The second kappa shape index (κ2) is 7.77. The molecular formula is C17H13ClN2O3S2. The molecule has 0 aliphatic carbocycles. The van der Waals surface area contributed by atoms with Crippen molar-refractivity contribution in [2.75, 3.05) is 11.9 Å². The van der Waals surface area contributed by atoms with Crippen LogP contribution in [-0.4, -0.2) is 23.5 Å². The molecule has 1 N–H and O–H groups in total. The van der Waals surface area contributed by atoms with Crippen LogP contribution in [0.2, 0.25) is 5.02 Å². The van der Waals surface area contributed by atoms with Gasteiger partial charge in [0.15, 0.2) is 10.8 Å². The van der Waals surface area contributed by atoms with Crippen molar-refractivity contribution < 1.29 is 14.3 Å². The van der Waals surface area contributed by atoms with Gasteiger partial charge in [0.05, 0.1) is 11.5 Å². The van der Waals surface area contributed by atoms with Crippen LogP contribution < -0.4 is 5.32 Å². The second-order valence-electron chi connectivity index (χ2n) is 4.88. The van der Waals surface area contributed by atoms with E-state index in [9.17, 15) is 9.59 Å². The van der Waals surface area contributed by atoms with Crippen LogP contribution in [0.1, 0.15) is 27.1 Å². The Balaban J connectivity index is 1.70. The van der Waals surface area contributed by atoms with Crippen molar-refractivity contribution in [3.05, 3.63) is 57.4 Å². The van der Waals surface area contributed by atoms with Crippen LogP contribution in [0.15, 0.2) is 41.8 Å². The lowest BCUT2D eigenvalue weighted by molar-refractivity contribution is 0.0520. The third-order valence-corrected chi connectivity index (χ3v) is 5.31. The number of thiophene rings is 1. The average Bonchev–Trinajstić information content (AvgIpc) is 3.25. The van der Waals surface area contributed by atoms with E-state index in [4.69, 9.17) is 16.3 Å². The number of benzene rings is 1. The largest absolute Gasteiger partial charge is 0.461 e. The highest BCUT2D eigenvalue weighted by Crippen LogP contribution is 2.29. The zero-order chi connectivity index (χ0) is 17.8. The summed E-state index contributed by atoms with van der Waals surface area (Å²) < 4.78 is 4.88. The van der Waals surface area contributed by atoms with Gasteiger partial charge >= 0.3 is 5.97 Å². The molecule has 0 bridgehead atoms. The molecule has 0 radical (unpaired) electrons. The summed E-state index contributed by atoms with van der Waals surface area (Å²) in [6.07, 6.45) is 0. The molecule has 0 saturated heterocycles. The molecule has 0 saturated carbocycles. The molecular weight excluding hydrogens is 380 g/mol. The van der Waals surface area contributed by atoms with Gasteiger partial charge in [-0.2, -0.15) is 0 Å². The van der Waals surface area contributed by atoms with Gasteiger partial charge in [-0.3, -0.25) is 10.1 Å². The lowest BCUT2D eigenvalue weighted by atomic mass is 10.2. The van der Waals surface area contributed by atoms with Crippen molar-refractivity contribution in [2.24, 2.45) is 0 Å². The minimum absolute atomic E-state index is 0.190. The van der Waals surface area contributed by atoms with E-state index in [2.05, 4.69) is 10.3 Å². The van der Waals surface area contributed by atoms with E-state index in [1.807, 2.05) is 30.3 Å². The van der Waals surface area contributed by atoms with Crippen molar-refractivity contribution in [3.63, 3.8) is 0 Å². The Morgan fingerprint density at radius 2 is 1.96 bits per heavy atom. The zero-order valence-corrected chi connectivity index (χ0v) is 15.5. The molecule has 0 fully saturated rings. The smallest absolute Gasteiger partial charge is 0.357 e. The fourth-order valence-corrected chi connectivity index (χ4v) is 3.73. The molecule has 1 amide bonds. The van der Waals surface area contributed by atoms with Gasteiger partial charge in [0.1, 0.15) is 0 Å². The number of hydrogen-bond acceptors (Lipinski definition) is 6. The van der Waals surface area contributed by atoms with Gasteiger partial charge in [-0.25, -0.2) is 9.78 Å². The number of aromatic nitrogens is 1. The van der Waals surface area contributed by atoms with Crippen LogP contribution in [0.3, 0.4) is 0 Å². The van der Waals surface area contributed by atoms with Gasteiger partial charge in [-0.05, 0) is 36.8 Å². The van der Waals surface area contributed by atoms with Gasteiger partial charge in [0.2, 0.25) is 0 Å². The van der Waals surface area contributed by atoms with E-state index < -0.39 is 5.97 Å². The predicted octanol–water partition coefficient (Wildman–Crippen LogP) is 4.95. The number of hydrogen-bond donors (Lipinski definition) is 1. The minimum Gasteiger partial charge on any atom is -0.461 e. The van der Waals surface area contributed by atoms with E-state index in [0.29, 0.717) is 15.0 Å².